The largest absolute Gasteiger partial charge is 0.497 e. The van der Waals surface area contributed by atoms with E-state index in [0.29, 0.717) is 17.2 Å². The number of anilines is 1. The molecule has 27 heavy (non-hydrogen) atoms. The lowest BCUT2D eigenvalue weighted by atomic mass is 10.1. The van der Waals surface area contributed by atoms with Crippen molar-refractivity contribution in [2.75, 3.05) is 26.1 Å². The number of rotatable bonds is 9. The van der Waals surface area contributed by atoms with Gasteiger partial charge in [-0.3, -0.25) is 4.79 Å². The minimum atomic E-state index is -0.988. The Morgan fingerprint density at radius 2 is 1.93 bits per heavy atom. The van der Waals surface area contributed by atoms with Crippen LogP contribution >= 0.6 is 0 Å². The molecule has 2 aromatic rings. The summed E-state index contributed by atoms with van der Waals surface area (Å²) < 4.78 is 24.1. The van der Waals surface area contributed by atoms with Gasteiger partial charge >= 0.3 is 0 Å². The lowest BCUT2D eigenvalue weighted by molar-refractivity contribution is -0.116. The van der Waals surface area contributed by atoms with Gasteiger partial charge in [0.05, 0.1) is 26.0 Å². The quantitative estimate of drug-likeness (QED) is 0.627. The Morgan fingerprint density at radius 3 is 2.59 bits per heavy atom. The van der Waals surface area contributed by atoms with Gasteiger partial charge in [0.2, 0.25) is 5.91 Å². The number of carbonyl (C=O) groups excluding carboxylic acids is 1. The van der Waals surface area contributed by atoms with E-state index in [9.17, 15) is 14.3 Å². The Bertz CT molecular complexity index is 769. The molecule has 3 N–H and O–H groups in total. The van der Waals surface area contributed by atoms with E-state index in [1.165, 1.54) is 19.2 Å². The summed E-state index contributed by atoms with van der Waals surface area (Å²) >= 11 is 0. The zero-order valence-electron chi connectivity index (χ0n) is 15.7. The molecule has 0 saturated carbocycles. The molecule has 0 aromatic heterocycles. The van der Waals surface area contributed by atoms with Crippen molar-refractivity contribution in [3.63, 3.8) is 0 Å². The first-order chi connectivity index (χ1) is 12.9. The van der Waals surface area contributed by atoms with Crippen LogP contribution in [0, 0.1) is 5.82 Å². The number of aliphatic hydroxyl groups is 1. The fourth-order valence-corrected chi connectivity index (χ4v) is 2.62. The molecule has 0 saturated heterocycles. The van der Waals surface area contributed by atoms with Crippen LogP contribution in [-0.4, -0.2) is 37.8 Å². The highest BCUT2D eigenvalue weighted by Crippen LogP contribution is 2.29. The summed E-state index contributed by atoms with van der Waals surface area (Å²) in [5, 5.41) is 15.9. The molecule has 0 radical (unpaired) electrons. The first kappa shape index (κ1) is 20.7. The van der Waals surface area contributed by atoms with Crippen molar-refractivity contribution in [1.82, 2.24) is 5.32 Å². The van der Waals surface area contributed by atoms with E-state index in [-0.39, 0.29) is 30.5 Å². The number of benzene rings is 2. The minimum absolute atomic E-state index is 0.140. The normalized spacial score (nSPS) is 12.9. The molecular formula is C20H25FN2O4. The summed E-state index contributed by atoms with van der Waals surface area (Å²) in [4.78, 5) is 12.3. The van der Waals surface area contributed by atoms with Gasteiger partial charge in [-0.25, -0.2) is 4.39 Å². The van der Waals surface area contributed by atoms with Crippen molar-refractivity contribution in [3.8, 4) is 11.5 Å². The molecule has 0 aliphatic carbocycles. The Hall–Kier alpha value is -2.64. The molecule has 1 amide bonds. The van der Waals surface area contributed by atoms with Crippen molar-refractivity contribution in [2.45, 2.75) is 25.5 Å². The number of nitrogens with one attached hydrogen (secondary N) is 2. The number of hydrogen-bond donors (Lipinski definition) is 3. The molecule has 6 nitrogen and oxygen atoms in total. The molecular weight excluding hydrogens is 351 g/mol. The molecule has 7 heteroatoms. The summed E-state index contributed by atoms with van der Waals surface area (Å²) in [6.45, 7) is 1.96. The number of carbonyl (C=O) groups is 1. The van der Waals surface area contributed by atoms with Crippen LogP contribution in [0.3, 0.4) is 0 Å². The SMILES string of the molecule is COc1ccc(NC(=O)CC(C)NCC(O)c2ccccc2F)c(OC)c1. The van der Waals surface area contributed by atoms with Crippen molar-refractivity contribution in [1.29, 1.82) is 0 Å². The molecule has 2 aromatic carbocycles. The van der Waals surface area contributed by atoms with Crippen LogP contribution in [0.1, 0.15) is 25.0 Å². The predicted octanol–water partition coefficient (Wildman–Crippen LogP) is 2.88. The number of methoxy groups -OCH3 is 2. The first-order valence-corrected chi connectivity index (χ1v) is 8.62. The topological polar surface area (TPSA) is 79.8 Å². The van der Waals surface area contributed by atoms with Gasteiger partial charge in [0.25, 0.3) is 0 Å². The van der Waals surface area contributed by atoms with Crippen LogP contribution in [0.5, 0.6) is 11.5 Å². The monoisotopic (exact) mass is 376 g/mol. The first-order valence-electron chi connectivity index (χ1n) is 8.62. The van der Waals surface area contributed by atoms with Crippen molar-refractivity contribution < 1.29 is 23.8 Å². The van der Waals surface area contributed by atoms with Crippen LogP contribution in [-0.2, 0) is 4.79 Å². The number of aliphatic hydroxyl groups excluding tert-OH is 1. The molecule has 2 unspecified atom stereocenters. The van der Waals surface area contributed by atoms with Gasteiger partial charge in [-0.15, -0.1) is 0 Å². The van der Waals surface area contributed by atoms with Gasteiger partial charge in [0.1, 0.15) is 17.3 Å². The average Bonchev–Trinajstić information content (AvgIpc) is 2.66. The van der Waals surface area contributed by atoms with Gasteiger partial charge in [0.15, 0.2) is 0 Å². The maximum absolute atomic E-state index is 13.7. The van der Waals surface area contributed by atoms with Crippen LogP contribution in [0.2, 0.25) is 0 Å². The minimum Gasteiger partial charge on any atom is -0.497 e. The fraction of sp³-hybridized carbons (Fsp3) is 0.350. The molecule has 0 fully saturated rings. The van der Waals surface area contributed by atoms with Crippen LogP contribution in [0.25, 0.3) is 0 Å². The lowest BCUT2D eigenvalue weighted by Gasteiger charge is -2.18. The summed E-state index contributed by atoms with van der Waals surface area (Å²) in [6, 6.07) is 11.0. The molecule has 0 aliphatic rings. The lowest BCUT2D eigenvalue weighted by Crippen LogP contribution is -2.33. The van der Waals surface area contributed by atoms with Crippen molar-refractivity contribution in [2.24, 2.45) is 0 Å². The molecule has 146 valence electrons. The van der Waals surface area contributed by atoms with Gasteiger partial charge in [-0.05, 0) is 25.1 Å². The third-order valence-corrected chi connectivity index (χ3v) is 4.10. The van der Waals surface area contributed by atoms with E-state index in [1.807, 2.05) is 6.92 Å². The van der Waals surface area contributed by atoms with Crippen molar-refractivity contribution in [3.05, 3.63) is 53.8 Å². The van der Waals surface area contributed by atoms with Crippen LogP contribution in [0.15, 0.2) is 42.5 Å². The smallest absolute Gasteiger partial charge is 0.226 e. The second kappa shape index (κ2) is 9.89. The zero-order chi connectivity index (χ0) is 19.8. The van der Waals surface area contributed by atoms with E-state index < -0.39 is 11.9 Å². The summed E-state index contributed by atoms with van der Waals surface area (Å²) in [7, 11) is 3.06. The Morgan fingerprint density at radius 1 is 1.19 bits per heavy atom. The maximum atomic E-state index is 13.7. The van der Waals surface area contributed by atoms with E-state index in [1.54, 1.807) is 37.4 Å². The number of amides is 1. The third kappa shape index (κ3) is 5.94. The number of halogens is 1. The zero-order valence-corrected chi connectivity index (χ0v) is 15.7. The van der Waals surface area contributed by atoms with Crippen molar-refractivity contribution >= 4 is 11.6 Å². The van der Waals surface area contributed by atoms with Crippen LogP contribution in [0.4, 0.5) is 10.1 Å². The summed E-state index contributed by atoms with van der Waals surface area (Å²) in [6.07, 6.45) is -0.808. The van der Waals surface area contributed by atoms with E-state index in [0.717, 1.165) is 0 Å². The average molecular weight is 376 g/mol. The fourth-order valence-electron chi connectivity index (χ4n) is 2.62. The summed E-state index contributed by atoms with van der Waals surface area (Å²) in [5.74, 6) is 0.461. The number of ether oxygens (including phenoxy) is 2. The molecule has 2 atom stereocenters. The molecule has 2 rings (SSSR count). The summed E-state index contributed by atoms with van der Waals surface area (Å²) in [5.41, 5.74) is 0.770. The number of hydrogen-bond acceptors (Lipinski definition) is 5. The molecule has 0 spiro atoms. The highest BCUT2D eigenvalue weighted by atomic mass is 19.1. The third-order valence-electron chi connectivity index (χ3n) is 4.10. The maximum Gasteiger partial charge on any atom is 0.226 e. The van der Waals surface area contributed by atoms with E-state index >= 15 is 0 Å². The standard InChI is InChI=1S/C20H25FN2O4/c1-13(22-12-18(24)15-6-4-5-7-16(15)21)10-20(25)23-17-9-8-14(26-2)11-19(17)27-3/h4-9,11,13,18,22,24H,10,12H2,1-3H3,(H,23,25). The van der Waals surface area contributed by atoms with E-state index in [2.05, 4.69) is 10.6 Å². The molecule has 0 heterocycles. The molecule has 0 aliphatic heterocycles. The van der Waals surface area contributed by atoms with Gasteiger partial charge in [0, 0.05) is 30.6 Å². The van der Waals surface area contributed by atoms with Gasteiger partial charge in [-0.1, -0.05) is 18.2 Å². The predicted molar refractivity (Wildman–Crippen MR) is 102 cm³/mol. The molecule has 0 bridgehead atoms. The van der Waals surface area contributed by atoms with E-state index in [4.69, 9.17) is 9.47 Å². The highest BCUT2D eigenvalue weighted by Gasteiger charge is 2.16. The van der Waals surface area contributed by atoms with Crippen LogP contribution < -0.4 is 20.1 Å². The second-order valence-electron chi connectivity index (χ2n) is 6.17. The highest BCUT2D eigenvalue weighted by molar-refractivity contribution is 5.92. The Balaban J connectivity index is 1.86. The van der Waals surface area contributed by atoms with Gasteiger partial charge in [-0.2, -0.15) is 0 Å². The Kier molecular flexibility index (Phi) is 7.57. The van der Waals surface area contributed by atoms with Gasteiger partial charge < -0.3 is 25.2 Å². The Labute approximate surface area is 158 Å². The second-order valence-corrected chi connectivity index (χ2v) is 6.17.